The van der Waals surface area contributed by atoms with Crippen LogP contribution in [0.2, 0.25) is 5.02 Å². The number of aromatic nitrogens is 1. The monoisotopic (exact) mass is 377 g/mol. The molecule has 1 amide bonds. The Labute approximate surface area is 154 Å². The highest BCUT2D eigenvalue weighted by atomic mass is 35.5. The maximum absolute atomic E-state index is 13.7. The number of hydrogen-bond acceptors (Lipinski definition) is 4. The minimum absolute atomic E-state index is 0.142. The van der Waals surface area contributed by atoms with E-state index in [2.05, 4.69) is 10.3 Å². The lowest BCUT2D eigenvalue weighted by Crippen LogP contribution is -2.24. The van der Waals surface area contributed by atoms with Crippen molar-refractivity contribution in [3.05, 3.63) is 58.3 Å². The molecular weight excluding hydrogens is 361 g/mol. The molecule has 7 heteroatoms. The third-order valence-corrected chi connectivity index (χ3v) is 4.93. The molecule has 0 aliphatic carbocycles. The number of thiazole rings is 1. The van der Waals surface area contributed by atoms with Gasteiger partial charge in [0.1, 0.15) is 10.8 Å². The highest BCUT2D eigenvalue weighted by molar-refractivity contribution is 7.18. The molecule has 0 unspecified atom stereocenters. The zero-order valence-electron chi connectivity index (χ0n) is 13.6. The molecule has 130 valence electrons. The average Bonchev–Trinajstić information content (AvgIpc) is 2.97. The zero-order valence-corrected chi connectivity index (χ0v) is 15.2. The predicted octanol–water partition coefficient (Wildman–Crippen LogP) is 4.55. The lowest BCUT2D eigenvalue weighted by molar-refractivity contribution is -0.116. The van der Waals surface area contributed by atoms with Crippen LogP contribution in [0.1, 0.15) is 11.4 Å². The maximum Gasteiger partial charge on any atom is 0.225 e. The lowest BCUT2D eigenvalue weighted by atomic mass is 10.3. The summed E-state index contributed by atoms with van der Waals surface area (Å²) in [6.45, 7) is 1.22. The molecule has 0 saturated carbocycles. The number of amides is 1. The third kappa shape index (κ3) is 4.75. The number of nitrogens with zero attached hydrogens (tertiary/aromatic N) is 2. The van der Waals surface area contributed by atoms with Gasteiger partial charge in [0.05, 0.1) is 22.4 Å². The third-order valence-electron chi connectivity index (χ3n) is 3.67. The molecule has 0 fully saturated rings. The van der Waals surface area contributed by atoms with Gasteiger partial charge in [0.15, 0.2) is 0 Å². The quantitative estimate of drug-likeness (QED) is 0.685. The number of rotatable bonds is 6. The van der Waals surface area contributed by atoms with Gasteiger partial charge < -0.3 is 5.32 Å². The van der Waals surface area contributed by atoms with Gasteiger partial charge in [-0.25, -0.2) is 9.37 Å². The Bertz CT molecular complexity index is 866. The Balaban J connectivity index is 1.51. The molecule has 0 radical (unpaired) electrons. The van der Waals surface area contributed by atoms with Crippen LogP contribution >= 0.6 is 22.9 Å². The van der Waals surface area contributed by atoms with E-state index < -0.39 is 5.82 Å². The van der Waals surface area contributed by atoms with Crippen LogP contribution in [-0.2, 0) is 11.3 Å². The normalized spacial score (nSPS) is 11.2. The van der Waals surface area contributed by atoms with E-state index in [0.717, 1.165) is 15.2 Å². The topological polar surface area (TPSA) is 45.2 Å². The number of hydrogen-bond donors (Lipinski definition) is 1. The zero-order chi connectivity index (χ0) is 17.8. The Morgan fingerprint density at radius 2 is 2.12 bits per heavy atom. The van der Waals surface area contributed by atoms with Gasteiger partial charge in [0, 0.05) is 18.0 Å². The van der Waals surface area contributed by atoms with Crippen LogP contribution < -0.4 is 5.32 Å². The Kier molecular flexibility index (Phi) is 5.63. The molecule has 3 rings (SSSR count). The molecule has 25 heavy (non-hydrogen) atoms. The number of anilines is 1. The molecule has 1 heterocycles. The van der Waals surface area contributed by atoms with Gasteiger partial charge in [-0.2, -0.15) is 0 Å². The summed E-state index contributed by atoms with van der Waals surface area (Å²) in [5.74, 6) is -0.777. The summed E-state index contributed by atoms with van der Waals surface area (Å²) in [5, 5.41) is 3.87. The largest absolute Gasteiger partial charge is 0.324 e. The molecule has 3 aromatic rings. The number of carbonyl (C=O) groups excluding carboxylic acids is 1. The van der Waals surface area contributed by atoms with Crippen molar-refractivity contribution in [3.63, 3.8) is 0 Å². The fraction of sp³-hybridized carbons (Fsp3) is 0.222. The van der Waals surface area contributed by atoms with Crippen molar-refractivity contribution in [2.45, 2.75) is 13.0 Å². The minimum atomic E-state index is -0.538. The van der Waals surface area contributed by atoms with E-state index in [0.29, 0.717) is 18.1 Å². The number of benzene rings is 2. The van der Waals surface area contributed by atoms with Gasteiger partial charge >= 0.3 is 0 Å². The standard InChI is InChI=1S/C18H17ClFN3OS/c1-23(11-18-22-15-4-2-3-5-16(15)25-18)9-8-17(24)21-14-7-6-12(19)10-13(14)20/h2-7,10H,8-9,11H2,1H3,(H,21,24). The lowest BCUT2D eigenvalue weighted by Gasteiger charge is -2.14. The number of carbonyl (C=O) groups is 1. The second-order valence-corrected chi connectivity index (χ2v) is 7.29. The highest BCUT2D eigenvalue weighted by Crippen LogP contribution is 2.22. The van der Waals surface area contributed by atoms with E-state index in [9.17, 15) is 9.18 Å². The van der Waals surface area contributed by atoms with Crippen LogP contribution in [0.25, 0.3) is 10.2 Å². The van der Waals surface area contributed by atoms with E-state index >= 15 is 0 Å². The smallest absolute Gasteiger partial charge is 0.225 e. The summed E-state index contributed by atoms with van der Waals surface area (Å²) >= 11 is 7.35. The first-order valence-electron chi connectivity index (χ1n) is 7.79. The van der Waals surface area contributed by atoms with Crippen LogP contribution in [0, 0.1) is 5.82 Å². The second-order valence-electron chi connectivity index (χ2n) is 5.74. The maximum atomic E-state index is 13.7. The first-order valence-corrected chi connectivity index (χ1v) is 8.98. The first-order chi connectivity index (χ1) is 12.0. The summed E-state index contributed by atoms with van der Waals surface area (Å²) in [4.78, 5) is 18.6. The van der Waals surface area contributed by atoms with E-state index in [1.807, 2.05) is 36.2 Å². The van der Waals surface area contributed by atoms with Crippen molar-refractivity contribution in [3.8, 4) is 0 Å². The summed E-state index contributed by atoms with van der Waals surface area (Å²) in [7, 11) is 1.93. The van der Waals surface area contributed by atoms with Gasteiger partial charge in [0.25, 0.3) is 0 Å². The average molecular weight is 378 g/mol. The van der Waals surface area contributed by atoms with Crippen LogP contribution in [0.3, 0.4) is 0 Å². The summed E-state index contributed by atoms with van der Waals surface area (Å²) < 4.78 is 14.8. The molecule has 1 aromatic heterocycles. The fourth-order valence-corrected chi connectivity index (χ4v) is 3.60. The number of halogens is 2. The molecular formula is C18H17ClFN3OS. The van der Waals surface area contributed by atoms with Gasteiger partial charge in [-0.1, -0.05) is 23.7 Å². The molecule has 4 nitrogen and oxygen atoms in total. The predicted molar refractivity (Wildman–Crippen MR) is 101 cm³/mol. The van der Waals surface area contributed by atoms with Crippen molar-refractivity contribution in [2.75, 3.05) is 18.9 Å². The Hall–Kier alpha value is -2.02. The molecule has 0 bridgehead atoms. The highest BCUT2D eigenvalue weighted by Gasteiger charge is 2.11. The fourth-order valence-electron chi connectivity index (χ4n) is 2.39. The van der Waals surface area contributed by atoms with Gasteiger partial charge in [0.2, 0.25) is 5.91 Å². The number of para-hydroxylation sites is 1. The molecule has 0 atom stereocenters. The second kappa shape index (κ2) is 7.91. The van der Waals surface area contributed by atoms with Crippen molar-refractivity contribution >= 4 is 44.7 Å². The molecule has 0 aliphatic heterocycles. The van der Waals surface area contributed by atoms with Crippen molar-refractivity contribution in [1.29, 1.82) is 0 Å². The summed E-state index contributed by atoms with van der Waals surface area (Å²) in [5.41, 5.74) is 1.13. The Morgan fingerprint density at radius 1 is 1.32 bits per heavy atom. The molecule has 0 spiro atoms. The Morgan fingerprint density at radius 3 is 2.88 bits per heavy atom. The summed E-state index contributed by atoms with van der Waals surface area (Å²) in [6, 6.07) is 12.2. The minimum Gasteiger partial charge on any atom is -0.324 e. The van der Waals surface area contributed by atoms with Crippen molar-refractivity contribution in [1.82, 2.24) is 9.88 Å². The van der Waals surface area contributed by atoms with E-state index in [4.69, 9.17) is 11.6 Å². The number of fused-ring (bicyclic) bond motifs is 1. The van der Waals surface area contributed by atoms with E-state index in [1.54, 1.807) is 17.4 Å². The van der Waals surface area contributed by atoms with E-state index in [-0.39, 0.29) is 18.0 Å². The van der Waals surface area contributed by atoms with Crippen LogP contribution in [0.4, 0.5) is 10.1 Å². The van der Waals surface area contributed by atoms with Crippen LogP contribution in [-0.4, -0.2) is 29.4 Å². The van der Waals surface area contributed by atoms with Crippen LogP contribution in [0.5, 0.6) is 0 Å². The molecule has 1 N–H and O–H groups in total. The molecule has 0 aliphatic rings. The molecule has 2 aromatic carbocycles. The van der Waals surface area contributed by atoms with Gasteiger partial charge in [-0.3, -0.25) is 9.69 Å². The molecule has 0 saturated heterocycles. The van der Waals surface area contributed by atoms with Gasteiger partial charge in [-0.15, -0.1) is 11.3 Å². The van der Waals surface area contributed by atoms with Gasteiger partial charge in [-0.05, 0) is 37.4 Å². The van der Waals surface area contributed by atoms with Crippen molar-refractivity contribution in [2.24, 2.45) is 0 Å². The SMILES string of the molecule is CN(CCC(=O)Nc1ccc(Cl)cc1F)Cc1nc2ccccc2s1. The number of nitrogens with one attached hydrogen (secondary N) is 1. The van der Waals surface area contributed by atoms with E-state index in [1.165, 1.54) is 12.1 Å². The van der Waals surface area contributed by atoms with Crippen LogP contribution in [0.15, 0.2) is 42.5 Å². The van der Waals surface area contributed by atoms with Crippen molar-refractivity contribution < 1.29 is 9.18 Å². The summed E-state index contributed by atoms with van der Waals surface area (Å²) in [6.07, 6.45) is 0.267. The first kappa shape index (κ1) is 17.8.